The van der Waals surface area contributed by atoms with Gasteiger partial charge in [-0.05, 0) is 42.0 Å². The van der Waals surface area contributed by atoms with Crippen LogP contribution in [0.25, 0.3) is 10.9 Å². The van der Waals surface area contributed by atoms with Crippen LogP contribution in [-0.2, 0) is 13.6 Å². The number of hydrogen-bond acceptors (Lipinski definition) is 1. The van der Waals surface area contributed by atoms with Crippen LogP contribution in [-0.4, -0.2) is 11.6 Å². The summed E-state index contributed by atoms with van der Waals surface area (Å²) in [5.41, 5.74) is 3.91. The van der Waals surface area contributed by atoms with E-state index in [1.54, 1.807) is 0 Å². The van der Waals surface area contributed by atoms with Crippen LogP contribution in [0.5, 0.6) is 0 Å². The van der Waals surface area contributed by atoms with Gasteiger partial charge < -0.3 is 9.88 Å². The molecule has 0 saturated heterocycles. The molecule has 1 heterocycles. The van der Waals surface area contributed by atoms with E-state index in [1.807, 2.05) is 7.05 Å². The molecule has 1 aromatic heterocycles. The van der Waals surface area contributed by atoms with Crippen LogP contribution in [0.4, 0.5) is 0 Å². The number of halogens is 1. The summed E-state index contributed by atoms with van der Waals surface area (Å²) in [6.45, 7) is 3.02. The Hall–Kier alpha value is -0.800. The van der Waals surface area contributed by atoms with Crippen LogP contribution < -0.4 is 5.32 Å². The highest BCUT2D eigenvalue weighted by atomic mass is 79.9. The van der Waals surface area contributed by atoms with Crippen molar-refractivity contribution in [3.8, 4) is 0 Å². The average Bonchev–Trinajstić information content (AvgIpc) is 2.44. The van der Waals surface area contributed by atoms with Gasteiger partial charge in [0.2, 0.25) is 0 Å². The molecule has 0 aliphatic carbocycles. The van der Waals surface area contributed by atoms with Gasteiger partial charge in [0, 0.05) is 30.1 Å². The first-order valence-corrected chi connectivity index (χ1v) is 5.82. The van der Waals surface area contributed by atoms with Crippen molar-refractivity contribution < 1.29 is 0 Å². The van der Waals surface area contributed by atoms with Gasteiger partial charge >= 0.3 is 0 Å². The standard InChI is InChI=1S/C12H15BrN2/c1-8-4-5-11-9(6-8)10(7-14-2)12(13)15(11)3/h4-6,14H,7H2,1-3H3. The Balaban J connectivity index is 2.76. The van der Waals surface area contributed by atoms with Crippen molar-refractivity contribution in [3.05, 3.63) is 33.9 Å². The van der Waals surface area contributed by atoms with Crippen molar-refractivity contribution in [1.29, 1.82) is 0 Å². The second-order valence-electron chi connectivity index (χ2n) is 3.88. The summed E-state index contributed by atoms with van der Waals surface area (Å²) in [5, 5.41) is 4.54. The van der Waals surface area contributed by atoms with Gasteiger partial charge in [0.25, 0.3) is 0 Å². The zero-order valence-electron chi connectivity index (χ0n) is 9.26. The predicted octanol–water partition coefficient (Wildman–Crippen LogP) is 2.97. The first-order valence-electron chi connectivity index (χ1n) is 5.03. The topological polar surface area (TPSA) is 17.0 Å². The molecule has 0 aliphatic rings. The van der Waals surface area contributed by atoms with E-state index in [-0.39, 0.29) is 0 Å². The largest absolute Gasteiger partial charge is 0.338 e. The van der Waals surface area contributed by atoms with Gasteiger partial charge in [0.15, 0.2) is 0 Å². The molecule has 1 N–H and O–H groups in total. The second kappa shape index (κ2) is 3.99. The van der Waals surface area contributed by atoms with Gasteiger partial charge in [-0.1, -0.05) is 11.6 Å². The maximum atomic E-state index is 3.64. The number of aromatic nitrogens is 1. The lowest BCUT2D eigenvalue weighted by Gasteiger charge is -1.99. The van der Waals surface area contributed by atoms with Crippen molar-refractivity contribution in [2.45, 2.75) is 13.5 Å². The van der Waals surface area contributed by atoms with E-state index >= 15 is 0 Å². The van der Waals surface area contributed by atoms with Crippen molar-refractivity contribution in [1.82, 2.24) is 9.88 Å². The molecule has 3 heteroatoms. The Kier molecular flexibility index (Phi) is 2.85. The third-order valence-electron chi connectivity index (χ3n) is 2.74. The summed E-state index contributed by atoms with van der Waals surface area (Å²) >= 11 is 3.64. The van der Waals surface area contributed by atoms with Gasteiger partial charge in [0.1, 0.15) is 0 Å². The molecular weight excluding hydrogens is 252 g/mol. The molecule has 0 bridgehead atoms. The highest BCUT2D eigenvalue weighted by Gasteiger charge is 2.11. The lowest BCUT2D eigenvalue weighted by Crippen LogP contribution is -2.05. The minimum Gasteiger partial charge on any atom is -0.338 e. The van der Waals surface area contributed by atoms with Crippen molar-refractivity contribution in [2.24, 2.45) is 7.05 Å². The molecule has 2 nitrogen and oxygen atoms in total. The molecule has 80 valence electrons. The van der Waals surface area contributed by atoms with Crippen molar-refractivity contribution in [2.75, 3.05) is 7.05 Å². The molecule has 0 fully saturated rings. The Bertz CT molecular complexity index is 500. The maximum absolute atomic E-state index is 3.64. The quantitative estimate of drug-likeness (QED) is 0.885. The summed E-state index contributed by atoms with van der Waals surface area (Å²) in [4.78, 5) is 0. The molecule has 2 rings (SSSR count). The Labute approximate surface area is 98.4 Å². The van der Waals surface area contributed by atoms with Gasteiger partial charge in [-0.15, -0.1) is 0 Å². The summed E-state index contributed by atoms with van der Waals surface area (Å²) in [6.07, 6.45) is 0. The van der Waals surface area contributed by atoms with Gasteiger partial charge in [-0.2, -0.15) is 0 Å². The molecule has 0 amide bonds. The maximum Gasteiger partial charge on any atom is 0.0900 e. The molecule has 0 radical (unpaired) electrons. The summed E-state index contributed by atoms with van der Waals surface area (Å²) in [7, 11) is 4.06. The number of rotatable bonds is 2. The fourth-order valence-electron chi connectivity index (χ4n) is 1.95. The van der Waals surface area contributed by atoms with E-state index < -0.39 is 0 Å². The summed E-state index contributed by atoms with van der Waals surface area (Å²) < 4.78 is 3.35. The van der Waals surface area contributed by atoms with E-state index in [0.29, 0.717) is 0 Å². The number of hydrogen-bond donors (Lipinski definition) is 1. The average molecular weight is 267 g/mol. The number of aryl methyl sites for hydroxylation is 2. The first-order chi connectivity index (χ1) is 7.15. The van der Waals surface area contributed by atoms with Crippen LogP contribution in [0, 0.1) is 6.92 Å². The van der Waals surface area contributed by atoms with Crippen molar-refractivity contribution in [3.63, 3.8) is 0 Å². The zero-order valence-corrected chi connectivity index (χ0v) is 10.9. The van der Waals surface area contributed by atoms with E-state index in [2.05, 4.69) is 58.0 Å². The minimum atomic E-state index is 0.890. The fraction of sp³-hybridized carbons (Fsp3) is 0.333. The fourth-order valence-corrected chi connectivity index (χ4v) is 2.49. The first kappa shape index (κ1) is 10.7. The molecular formula is C12H15BrN2. The molecule has 0 unspecified atom stereocenters. The number of fused-ring (bicyclic) bond motifs is 1. The van der Waals surface area contributed by atoms with E-state index in [9.17, 15) is 0 Å². The van der Waals surface area contributed by atoms with Gasteiger partial charge in [0.05, 0.1) is 4.60 Å². The van der Waals surface area contributed by atoms with E-state index in [1.165, 1.54) is 22.0 Å². The summed E-state index contributed by atoms with van der Waals surface area (Å²) in [5.74, 6) is 0. The number of nitrogens with zero attached hydrogens (tertiary/aromatic N) is 1. The van der Waals surface area contributed by atoms with Crippen LogP contribution in [0.2, 0.25) is 0 Å². The van der Waals surface area contributed by atoms with E-state index in [4.69, 9.17) is 0 Å². The van der Waals surface area contributed by atoms with E-state index in [0.717, 1.165) is 11.1 Å². The lowest BCUT2D eigenvalue weighted by atomic mass is 10.1. The summed E-state index contributed by atoms with van der Waals surface area (Å²) in [6, 6.07) is 6.57. The molecule has 0 saturated carbocycles. The second-order valence-corrected chi connectivity index (χ2v) is 4.63. The Morgan fingerprint density at radius 3 is 2.80 bits per heavy atom. The van der Waals surface area contributed by atoms with Crippen LogP contribution in [0.1, 0.15) is 11.1 Å². The molecule has 2 aromatic rings. The molecule has 1 aromatic carbocycles. The Morgan fingerprint density at radius 1 is 1.40 bits per heavy atom. The van der Waals surface area contributed by atoms with Crippen LogP contribution in [0.15, 0.2) is 22.8 Å². The highest BCUT2D eigenvalue weighted by Crippen LogP contribution is 2.29. The van der Waals surface area contributed by atoms with Gasteiger partial charge in [-0.3, -0.25) is 0 Å². The molecule has 15 heavy (non-hydrogen) atoms. The molecule has 0 spiro atoms. The predicted molar refractivity (Wildman–Crippen MR) is 68.1 cm³/mol. The highest BCUT2D eigenvalue weighted by molar-refractivity contribution is 9.10. The Morgan fingerprint density at radius 2 is 2.13 bits per heavy atom. The lowest BCUT2D eigenvalue weighted by molar-refractivity contribution is 0.807. The normalized spacial score (nSPS) is 11.2. The molecule has 0 aliphatic heterocycles. The number of nitrogens with one attached hydrogen (secondary N) is 1. The van der Waals surface area contributed by atoms with Crippen LogP contribution in [0.3, 0.4) is 0 Å². The third-order valence-corrected chi connectivity index (χ3v) is 3.75. The number of benzene rings is 1. The van der Waals surface area contributed by atoms with Crippen LogP contribution >= 0.6 is 15.9 Å². The third kappa shape index (κ3) is 1.70. The van der Waals surface area contributed by atoms with Crippen molar-refractivity contribution >= 4 is 26.8 Å². The minimum absolute atomic E-state index is 0.890. The SMILES string of the molecule is CNCc1c(Br)n(C)c2ccc(C)cc12. The molecule has 0 atom stereocenters. The monoisotopic (exact) mass is 266 g/mol. The smallest absolute Gasteiger partial charge is 0.0900 e. The zero-order chi connectivity index (χ0) is 11.0. The van der Waals surface area contributed by atoms with Gasteiger partial charge in [-0.25, -0.2) is 0 Å².